The molecular weight excluding hydrogens is 178 g/mol. The number of rotatable bonds is 4. The van der Waals surface area contributed by atoms with Gasteiger partial charge in [-0.1, -0.05) is 34.6 Å². The highest BCUT2D eigenvalue weighted by molar-refractivity contribution is 5.70. The Kier molecular flexibility index (Phi) is 5.13. The van der Waals surface area contributed by atoms with Gasteiger partial charge in [0, 0.05) is 6.04 Å². The minimum atomic E-state index is -0.193. The van der Waals surface area contributed by atoms with Crippen LogP contribution in [0, 0.1) is 11.3 Å². The third-order valence-corrected chi connectivity index (χ3v) is 2.08. The van der Waals surface area contributed by atoms with E-state index in [2.05, 4.69) is 0 Å². The molecule has 3 heteroatoms. The molecule has 0 radical (unpaired) electrons. The maximum Gasteiger partial charge on any atom is 0.307 e. The molecule has 0 aliphatic rings. The van der Waals surface area contributed by atoms with Crippen LogP contribution in [0.1, 0.15) is 41.0 Å². The molecule has 0 saturated carbocycles. The summed E-state index contributed by atoms with van der Waals surface area (Å²) >= 11 is 0. The molecule has 0 bridgehead atoms. The molecule has 0 aromatic rings. The van der Waals surface area contributed by atoms with Crippen LogP contribution < -0.4 is 5.73 Å². The average Bonchev–Trinajstić information content (AvgIpc) is 1.99. The summed E-state index contributed by atoms with van der Waals surface area (Å²) in [6.45, 7) is 10.6. The minimum Gasteiger partial charge on any atom is -0.465 e. The van der Waals surface area contributed by atoms with Crippen molar-refractivity contribution in [3.05, 3.63) is 0 Å². The molecule has 0 aromatic carbocycles. The molecule has 0 heterocycles. The van der Waals surface area contributed by atoms with E-state index in [0.717, 1.165) is 0 Å². The fourth-order valence-corrected chi connectivity index (χ4v) is 0.804. The van der Waals surface area contributed by atoms with Crippen LogP contribution in [0.2, 0.25) is 0 Å². The molecule has 0 aliphatic carbocycles. The van der Waals surface area contributed by atoms with Crippen molar-refractivity contribution in [1.82, 2.24) is 0 Å². The van der Waals surface area contributed by atoms with E-state index in [-0.39, 0.29) is 17.4 Å². The van der Waals surface area contributed by atoms with Gasteiger partial charge in [0.2, 0.25) is 0 Å². The van der Waals surface area contributed by atoms with E-state index < -0.39 is 0 Å². The first-order valence-electron chi connectivity index (χ1n) is 5.14. The molecule has 0 saturated heterocycles. The molecule has 0 amide bonds. The minimum absolute atomic E-state index is 0.0448. The fourth-order valence-electron chi connectivity index (χ4n) is 0.804. The first-order valence-corrected chi connectivity index (χ1v) is 5.14. The topological polar surface area (TPSA) is 52.3 Å². The number of carbonyl (C=O) groups excluding carboxylic acids is 1. The number of esters is 1. The van der Waals surface area contributed by atoms with Crippen molar-refractivity contribution in [2.24, 2.45) is 17.1 Å². The van der Waals surface area contributed by atoms with Gasteiger partial charge in [-0.25, -0.2) is 0 Å². The highest BCUT2D eigenvalue weighted by Crippen LogP contribution is 2.19. The molecular formula is C11H23NO2. The molecule has 84 valence electrons. The summed E-state index contributed by atoms with van der Waals surface area (Å²) in [7, 11) is 0. The van der Waals surface area contributed by atoms with Crippen molar-refractivity contribution in [3.63, 3.8) is 0 Å². The molecule has 0 fully saturated rings. The van der Waals surface area contributed by atoms with Gasteiger partial charge < -0.3 is 10.5 Å². The Labute approximate surface area is 87.0 Å². The zero-order chi connectivity index (χ0) is 11.4. The van der Waals surface area contributed by atoms with Gasteiger partial charge in [-0.2, -0.15) is 0 Å². The highest BCUT2D eigenvalue weighted by Gasteiger charge is 2.23. The van der Waals surface area contributed by atoms with Gasteiger partial charge in [0.1, 0.15) is 0 Å². The van der Waals surface area contributed by atoms with Crippen molar-refractivity contribution < 1.29 is 9.53 Å². The SMILES string of the molecule is CC(C)COC(=O)CC(N)C(C)(C)C. The smallest absolute Gasteiger partial charge is 0.307 e. The first kappa shape index (κ1) is 13.4. The predicted molar refractivity (Wildman–Crippen MR) is 57.8 cm³/mol. The van der Waals surface area contributed by atoms with Crippen LogP contribution in [-0.4, -0.2) is 18.6 Å². The first-order chi connectivity index (χ1) is 6.23. The standard InChI is InChI=1S/C11H23NO2/c1-8(2)7-14-10(13)6-9(12)11(3,4)5/h8-9H,6-7,12H2,1-5H3. The number of hydrogen-bond acceptors (Lipinski definition) is 3. The van der Waals surface area contributed by atoms with Crippen molar-refractivity contribution in [3.8, 4) is 0 Å². The Morgan fingerprint density at radius 2 is 1.86 bits per heavy atom. The molecule has 1 atom stereocenters. The largest absolute Gasteiger partial charge is 0.465 e. The lowest BCUT2D eigenvalue weighted by Crippen LogP contribution is -2.37. The van der Waals surface area contributed by atoms with Gasteiger partial charge in [-0.05, 0) is 11.3 Å². The highest BCUT2D eigenvalue weighted by atomic mass is 16.5. The second-order valence-electron chi connectivity index (χ2n) is 5.25. The van der Waals surface area contributed by atoms with Crippen LogP contribution in [0.3, 0.4) is 0 Å². The van der Waals surface area contributed by atoms with E-state index >= 15 is 0 Å². The van der Waals surface area contributed by atoms with E-state index in [1.807, 2.05) is 34.6 Å². The zero-order valence-corrected chi connectivity index (χ0v) is 9.96. The van der Waals surface area contributed by atoms with Crippen molar-refractivity contribution >= 4 is 5.97 Å². The zero-order valence-electron chi connectivity index (χ0n) is 9.96. The summed E-state index contributed by atoms with van der Waals surface area (Å²) in [4.78, 5) is 11.3. The Morgan fingerprint density at radius 3 is 2.21 bits per heavy atom. The summed E-state index contributed by atoms with van der Waals surface area (Å²) in [6, 6.07) is -0.137. The van der Waals surface area contributed by atoms with Crippen LogP contribution in [-0.2, 0) is 9.53 Å². The number of nitrogens with two attached hydrogens (primary N) is 1. The van der Waals surface area contributed by atoms with Crippen LogP contribution in [0.15, 0.2) is 0 Å². The number of hydrogen-bond donors (Lipinski definition) is 1. The van der Waals surface area contributed by atoms with Gasteiger partial charge >= 0.3 is 5.97 Å². The lowest BCUT2D eigenvalue weighted by molar-refractivity contribution is -0.145. The van der Waals surface area contributed by atoms with Crippen LogP contribution in [0.5, 0.6) is 0 Å². The van der Waals surface area contributed by atoms with Crippen molar-refractivity contribution in [2.75, 3.05) is 6.61 Å². The molecule has 2 N–H and O–H groups in total. The van der Waals surface area contributed by atoms with E-state index in [1.54, 1.807) is 0 Å². The Hall–Kier alpha value is -0.570. The summed E-state index contributed by atoms with van der Waals surface area (Å²) in [5, 5.41) is 0. The van der Waals surface area contributed by atoms with Gasteiger partial charge in [-0.15, -0.1) is 0 Å². The Morgan fingerprint density at radius 1 is 1.36 bits per heavy atom. The summed E-state index contributed by atoms with van der Waals surface area (Å²) in [5.41, 5.74) is 5.81. The molecule has 0 rings (SSSR count). The third kappa shape index (κ3) is 5.97. The van der Waals surface area contributed by atoms with E-state index in [0.29, 0.717) is 18.9 Å². The predicted octanol–water partition coefficient (Wildman–Crippen LogP) is 1.95. The van der Waals surface area contributed by atoms with Gasteiger partial charge in [0.25, 0.3) is 0 Å². The summed E-state index contributed by atoms with van der Waals surface area (Å²) in [6.07, 6.45) is 0.302. The van der Waals surface area contributed by atoms with Crippen molar-refractivity contribution in [1.29, 1.82) is 0 Å². The maximum atomic E-state index is 11.3. The second kappa shape index (κ2) is 5.35. The molecule has 3 nitrogen and oxygen atoms in total. The molecule has 0 aliphatic heterocycles. The van der Waals surface area contributed by atoms with Gasteiger partial charge in [-0.3, -0.25) is 4.79 Å². The lowest BCUT2D eigenvalue weighted by Gasteiger charge is -2.26. The van der Waals surface area contributed by atoms with Gasteiger partial charge in [0.15, 0.2) is 0 Å². The number of ether oxygens (including phenoxy) is 1. The van der Waals surface area contributed by atoms with Gasteiger partial charge in [0.05, 0.1) is 13.0 Å². The molecule has 0 aromatic heterocycles. The monoisotopic (exact) mass is 201 g/mol. The van der Waals surface area contributed by atoms with E-state index in [9.17, 15) is 4.79 Å². The van der Waals surface area contributed by atoms with Crippen molar-refractivity contribution in [2.45, 2.75) is 47.1 Å². The van der Waals surface area contributed by atoms with E-state index in [1.165, 1.54) is 0 Å². The van der Waals surface area contributed by atoms with Crippen LogP contribution in [0.4, 0.5) is 0 Å². The quantitative estimate of drug-likeness (QED) is 0.707. The van der Waals surface area contributed by atoms with E-state index in [4.69, 9.17) is 10.5 Å². The molecule has 1 unspecified atom stereocenters. The molecule has 0 spiro atoms. The Balaban J connectivity index is 3.84. The lowest BCUT2D eigenvalue weighted by atomic mass is 9.85. The maximum absolute atomic E-state index is 11.3. The second-order valence-corrected chi connectivity index (χ2v) is 5.25. The summed E-state index contributed by atoms with van der Waals surface area (Å²) < 4.78 is 5.05. The third-order valence-electron chi connectivity index (χ3n) is 2.08. The van der Waals surface area contributed by atoms with Crippen LogP contribution >= 0.6 is 0 Å². The molecule has 14 heavy (non-hydrogen) atoms. The number of carbonyl (C=O) groups is 1. The average molecular weight is 201 g/mol. The Bertz CT molecular complexity index is 182. The normalized spacial score (nSPS) is 14.2. The summed E-state index contributed by atoms with van der Waals surface area (Å²) in [5.74, 6) is 0.186. The van der Waals surface area contributed by atoms with Crippen LogP contribution in [0.25, 0.3) is 0 Å². The fraction of sp³-hybridized carbons (Fsp3) is 0.909.